The van der Waals surface area contributed by atoms with E-state index in [-0.39, 0.29) is 0 Å². The number of hydrogen-bond donors (Lipinski definition) is 1. The standard InChI is InChI=1S/C10H9NO2S2/c1-13-9-8(11(12)10(14)15-9)7-5-3-2-4-6-7/h2-6,12H,1H3. The summed E-state index contributed by atoms with van der Waals surface area (Å²) in [6, 6.07) is 9.50. The molecule has 0 saturated heterocycles. The SMILES string of the molecule is COc1sc(=S)n(O)c1-c1ccccc1. The predicted octanol–water partition coefficient (Wildman–Crippen LogP) is 3.19. The van der Waals surface area contributed by atoms with Crippen LogP contribution in [0.25, 0.3) is 11.3 Å². The zero-order valence-electron chi connectivity index (χ0n) is 8.01. The topological polar surface area (TPSA) is 34.4 Å². The van der Waals surface area contributed by atoms with Gasteiger partial charge in [0.25, 0.3) is 0 Å². The maximum atomic E-state index is 9.75. The molecule has 0 saturated carbocycles. The molecule has 0 fully saturated rings. The molecule has 0 atom stereocenters. The number of hydrogen-bond acceptors (Lipinski definition) is 4. The van der Waals surface area contributed by atoms with Crippen molar-refractivity contribution in [2.24, 2.45) is 0 Å². The van der Waals surface area contributed by atoms with E-state index in [1.165, 1.54) is 11.3 Å². The molecule has 0 radical (unpaired) electrons. The molecular formula is C10H9NO2S2. The first kappa shape index (κ1) is 10.2. The van der Waals surface area contributed by atoms with Crippen LogP contribution in [0.15, 0.2) is 30.3 Å². The third-order valence-electron chi connectivity index (χ3n) is 1.99. The average Bonchev–Trinajstić information content (AvgIpc) is 2.56. The lowest BCUT2D eigenvalue weighted by Crippen LogP contribution is -1.94. The zero-order chi connectivity index (χ0) is 10.8. The van der Waals surface area contributed by atoms with Gasteiger partial charge in [0.2, 0.25) is 5.06 Å². The van der Waals surface area contributed by atoms with Gasteiger partial charge in [-0.3, -0.25) is 0 Å². The Morgan fingerprint density at radius 2 is 2.00 bits per heavy atom. The number of aromatic nitrogens is 1. The van der Waals surface area contributed by atoms with Gasteiger partial charge in [-0.2, -0.15) is 4.73 Å². The second-order valence-electron chi connectivity index (χ2n) is 2.89. The normalized spacial score (nSPS) is 10.2. The quantitative estimate of drug-likeness (QED) is 0.645. The van der Waals surface area contributed by atoms with Crippen LogP contribution < -0.4 is 4.74 Å². The van der Waals surface area contributed by atoms with Crippen LogP contribution >= 0.6 is 23.6 Å². The molecule has 0 unspecified atom stereocenters. The first-order valence-corrected chi connectivity index (χ1v) is 5.51. The summed E-state index contributed by atoms with van der Waals surface area (Å²) in [6.45, 7) is 0. The van der Waals surface area contributed by atoms with Crippen molar-refractivity contribution in [1.82, 2.24) is 4.73 Å². The minimum atomic E-state index is 0.380. The van der Waals surface area contributed by atoms with Gasteiger partial charge < -0.3 is 9.94 Å². The lowest BCUT2D eigenvalue weighted by Gasteiger charge is -2.03. The molecule has 2 rings (SSSR count). The summed E-state index contributed by atoms with van der Waals surface area (Å²) in [5.74, 6) is 0. The fraction of sp³-hybridized carbons (Fsp3) is 0.100. The molecule has 0 aliphatic heterocycles. The largest absolute Gasteiger partial charge is 0.486 e. The highest BCUT2D eigenvalue weighted by Gasteiger charge is 2.14. The van der Waals surface area contributed by atoms with Gasteiger partial charge >= 0.3 is 0 Å². The van der Waals surface area contributed by atoms with E-state index in [2.05, 4.69) is 0 Å². The first-order chi connectivity index (χ1) is 7.24. The van der Waals surface area contributed by atoms with Crippen LogP contribution in [0.2, 0.25) is 0 Å². The van der Waals surface area contributed by atoms with Gasteiger partial charge in [0.1, 0.15) is 5.69 Å². The summed E-state index contributed by atoms with van der Waals surface area (Å²) in [5, 5.41) is 10.4. The lowest BCUT2D eigenvalue weighted by atomic mass is 10.2. The highest BCUT2D eigenvalue weighted by Crippen LogP contribution is 2.35. The minimum Gasteiger partial charge on any atom is -0.486 e. The van der Waals surface area contributed by atoms with Gasteiger partial charge in [-0.15, -0.1) is 0 Å². The number of nitrogens with zero attached hydrogens (tertiary/aromatic N) is 1. The van der Waals surface area contributed by atoms with E-state index < -0.39 is 0 Å². The van der Waals surface area contributed by atoms with Crippen molar-refractivity contribution < 1.29 is 9.94 Å². The van der Waals surface area contributed by atoms with Crippen molar-refractivity contribution in [3.8, 4) is 16.3 Å². The Morgan fingerprint density at radius 3 is 2.60 bits per heavy atom. The van der Waals surface area contributed by atoms with Gasteiger partial charge in [0.05, 0.1) is 7.11 Å². The molecule has 5 heteroatoms. The minimum absolute atomic E-state index is 0.380. The number of benzene rings is 1. The van der Waals surface area contributed by atoms with Gasteiger partial charge in [-0.1, -0.05) is 41.7 Å². The van der Waals surface area contributed by atoms with Crippen molar-refractivity contribution >= 4 is 23.6 Å². The Morgan fingerprint density at radius 1 is 1.33 bits per heavy atom. The Kier molecular flexibility index (Phi) is 2.75. The Balaban J connectivity index is 2.67. The first-order valence-electron chi connectivity index (χ1n) is 4.28. The van der Waals surface area contributed by atoms with Gasteiger partial charge in [-0.05, 0) is 12.2 Å². The molecule has 15 heavy (non-hydrogen) atoms. The molecule has 78 valence electrons. The van der Waals surface area contributed by atoms with Crippen LogP contribution in [0.5, 0.6) is 5.06 Å². The molecule has 1 heterocycles. The fourth-order valence-corrected chi connectivity index (χ4v) is 2.36. The Bertz CT molecular complexity index is 516. The van der Waals surface area contributed by atoms with E-state index in [9.17, 15) is 5.21 Å². The van der Waals surface area contributed by atoms with E-state index in [1.54, 1.807) is 7.11 Å². The van der Waals surface area contributed by atoms with Gasteiger partial charge in [-0.25, -0.2) is 0 Å². The highest BCUT2D eigenvalue weighted by molar-refractivity contribution is 7.73. The van der Waals surface area contributed by atoms with Crippen molar-refractivity contribution in [2.45, 2.75) is 0 Å². The third kappa shape index (κ3) is 1.75. The summed E-state index contributed by atoms with van der Waals surface area (Å²) in [7, 11) is 1.56. The van der Waals surface area contributed by atoms with E-state index in [1.807, 2.05) is 30.3 Å². The van der Waals surface area contributed by atoms with Crippen LogP contribution in [0.4, 0.5) is 0 Å². The molecule has 1 aromatic carbocycles. The molecule has 1 aromatic heterocycles. The van der Waals surface area contributed by atoms with E-state index in [0.717, 1.165) is 10.3 Å². The molecule has 3 nitrogen and oxygen atoms in total. The highest BCUT2D eigenvalue weighted by atomic mass is 32.1. The molecule has 0 spiro atoms. The zero-order valence-corrected chi connectivity index (χ0v) is 9.64. The number of ether oxygens (including phenoxy) is 1. The van der Waals surface area contributed by atoms with Crippen LogP contribution in [-0.4, -0.2) is 17.0 Å². The number of rotatable bonds is 2. The summed E-state index contributed by atoms with van der Waals surface area (Å²) in [5.41, 5.74) is 1.48. The maximum absolute atomic E-state index is 9.75. The summed E-state index contributed by atoms with van der Waals surface area (Å²) >= 11 is 6.22. The summed E-state index contributed by atoms with van der Waals surface area (Å²) < 4.78 is 6.53. The fourth-order valence-electron chi connectivity index (χ4n) is 1.32. The van der Waals surface area contributed by atoms with E-state index >= 15 is 0 Å². The van der Waals surface area contributed by atoms with Gasteiger partial charge in [0.15, 0.2) is 3.95 Å². The lowest BCUT2D eigenvalue weighted by molar-refractivity contribution is 0.188. The Hall–Kier alpha value is -1.33. The summed E-state index contributed by atoms with van der Waals surface area (Å²) in [4.78, 5) is 0. The van der Waals surface area contributed by atoms with Crippen molar-refractivity contribution in [3.63, 3.8) is 0 Å². The van der Waals surface area contributed by atoms with Crippen LogP contribution in [0.1, 0.15) is 0 Å². The molecule has 1 N–H and O–H groups in total. The maximum Gasteiger partial charge on any atom is 0.204 e. The monoisotopic (exact) mass is 239 g/mol. The third-order valence-corrected chi connectivity index (χ3v) is 3.31. The average molecular weight is 239 g/mol. The smallest absolute Gasteiger partial charge is 0.204 e. The number of thiazole rings is 1. The van der Waals surface area contributed by atoms with E-state index in [0.29, 0.717) is 14.7 Å². The number of methoxy groups -OCH3 is 1. The molecule has 0 amide bonds. The van der Waals surface area contributed by atoms with Crippen LogP contribution in [0, 0.1) is 3.95 Å². The van der Waals surface area contributed by atoms with Gasteiger partial charge in [0, 0.05) is 5.56 Å². The van der Waals surface area contributed by atoms with Crippen molar-refractivity contribution in [3.05, 3.63) is 34.3 Å². The summed E-state index contributed by atoms with van der Waals surface area (Å²) in [6.07, 6.45) is 0. The van der Waals surface area contributed by atoms with E-state index in [4.69, 9.17) is 17.0 Å². The molecule has 0 bridgehead atoms. The molecule has 0 aliphatic carbocycles. The Labute approximate surface area is 96.1 Å². The van der Waals surface area contributed by atoms with Crippen LogP contribution in [0.3, 0.4) is 0 Å². The second kappa shape index (κ2) is 4.04. The van der Waals surface area contributed by atoms with Crippen molar-refractivity contribution in [1.29, 1.82) is 0 Å². The predicted molar refractivity (Wildman–Crippen MR) is 62.3 cm³/mol. The molecular weight excluding hydrogens is 230 g/mol. The van der Waals surface area contributed by atoms with Crippen molar-refractivity contribution in [2.75, 3.05) is 7.11 Å². The molecule has 2 aromatic rings. The second-order valence-corrected chi connectivity index (χ2v) is 4.49. The van der Waals surface area contributed by atoms with Crippen LogP contribution in [-0.2, 0) is 0 Å². The molecule has 0 aliphatic rings.